The van der Waals surface area contributed by atoms with Crippen molar-refractivity contribution in [1.82, 2.24) is 4.98 Å². The zero-order chi connectivity index (χ0) is 12.4. The van der Waals surface area contributed by atoms with E-state index in [1.54, 1.807) is 24.3 Å². The molecule has 1 aromatic heterocycles. The van der Waals surface area contributed by atoms with E-state index in [1.165, 1.54) is 6.20 Å². The number of hydrogen-bond donors (Lipinski definition) is 1. The van der Waals surface area contributed by atoms with E-state index in [2.05, 4.69) is 4.98 Å². The molecule has 0 spiro atoms. The van der Waals surface area contributed by atoms with Gasteiger partial charge in [-0.05, 0) is 18.2 Å². The standard InChI is InChI=1S/C12H8Cl3NO/c13-7-1-2-9(11(15)4-7)10-3-8(14)5-16-12(10)6-17/h1-5,17H,6H2. The van der Waals surface area contributed by atoms with Gasteiger partial charge in [0, 0.05) is 27.4 Å². The number of nitrogens with zero attached hydrogens (tertiary/aromatic N) is 1. The molecule has 0 unspecified atom stereocenters. The lowest BCUT2D eigenvalue weighted by Crippen LogP contribution is -1.94. The van der Waals surface area contributed by atoms with Crippen molar-refractivity contribution in [2.24, 2.45) is 0 Å². The van der Waals surface area contributed by atoms with Crippen molar-refractivity contribution in [1.29, 1.82) is 0 Å². The lowest BCUT2D eigenvalue weighted by Gasteiger charge is -2.09. The van der Waals surface area contributed by atoms with Crippen molar-refractivity contribution in [3.8, 4) is 11.1 Å². The molecule has 0 aliphatic heterocycles. The van der Waals surface area contributed by atoms with Crippen molar-refractivity contribution in [3.63, 3.8) is 0 Å². The molecule has 2 nitrogen and oxygen atoms in total. The van der Waals surface area contributed by atoms with Crippen LogP contribution in [0.5, 0.6) is 0 Å². The molecule has 88 valence electrons. The van der Waals surface area contributed by atoms with E-state index in [4.69, 9.17) is 34.8 Å². The second kappa shape index (κ2) is 5.23. The third kappa shape index (κ3) is 2.72. The average molecular weight is 289 g/mol. The molecule has 0 fully saturated rings. The minimum atomic E-state index is -0.175. The molecule has 0 bridgehead atoms. The van der Waals surface area contributed by atoms with Crippen LogP contribution in [0, 0.1) is 0 Å². The Balaban J connectivity index is 2.62. The lowest BCUT2D eigenvalue weighted by atomic mass is 10.0. The molecule has 0 aliphatic rings. The summed E-state index contributed by atoms with van der Waals surface area (Å²) in [6.07, 6.45) is 1.49. The predicted molar refractivity (Wildman–Crippen MR) is 70.6 cm³/mol. The van der Waals surface area contributed by atoms with Gasteiger partial charge in [-0.3, -0.25) is 4.98 Å². The maximum absolute atomic E-state index is 9.24. The van der Waals surface area contributed by atoms with Gasteiger partial charge in [0.2, 0.25) is 0 Å². The maximum Gasteiger partial charge on any atom is 0.0859 e. The molecule has 2 rings (SSSR count). The molecule has 1 N–H and O–H groups in total. The second-order valence-corrected chi connectivity index (χ2v) is 4.71. The molecular formula is C12H8Cl3NO. The molecule has 0 aliphatic carbocycles. The largest absolute Gasteiger partial charge is 0.390 e. The summed E-state index contributed by atoms with van der Waals surface area (Å²) in [5.41, 5.74) is 1.98. The highest BCUT2D eigenvalue weighted by molar-refractivity contribution is 6.36. The Kier molecular flexibility index (Phi) is 3.89. The topological polar surface area (TPSA) is 33.1 Å². The molecular weight excluding hydrogens is 280 g/mol. The Bertz CT molecular complexity index is 557. The van der Waals surface area contributed by atoms with Crippen molar-refractivity contribution in [3.05, 3.63) is 51.2 Å². The Morgan fingerprint density at radius 1 is 1.00 bits per heavy atom. The third-order valence-corrected chi connectivity index (χ3v) is 3.06. The first-order chi connectivity index (χ1) is 8.11. The molecule has 1 aromatic carbocycles. The summed E-state index contributed by atoms with van der Waals surface area (Å²) in [6, 6.07) is 6.86. The number of benzene rings is 1. The van der Waals surface area contributed by atoms with Crippen molar-refractivity contribution in [2.45, 2.75) is 6.61 Å². The highest BCUT2D eigenvalue weighted by atomic mass is 35.5. The maximum atomic E-state index is 9.24. The summed E-state index contributed by atoms with van der Waals surface area (Å²) in [7, 11) is 0. The van der Waals surface area contributed by atoms with Crippen LogP contribution in [0.15, 0.2) is 30.5 Å². The Morgan fingerprint density at radius 2 is 1.76 bits per heavy atom. The van der Waals surface area contributed by atoms with Crippen LogP contribution in [0.4, 0.5) is 0 Å². The van der Waals surface area contributed by atoms with Gasteiger partial charge in [0.25, 0.3) is 0 Å². The van der Waals surface area contributed by atoms with Crippen LogP contribution in [0.25, 0.3) is 11.1 Å². The molecule has 2 aromatic rings. The summed E-state index contributed by atoms with van der Waals surface area (Å²) >= 11 is 17.8. The smallest absolute Gasteiger partial charge is 0.0859 e. The fourth-order valence-electron chi connectivity index (χ4n) is 1.53. The highest BCUT2D eigenvalue weighted by Crippen LogP contribution is 2.33. The van der Waals surface area contributed by atoms with Crippen LogP contribution in [0.2, 0.25) is 15.1 Å². The second-order valence-electron chi connectivity index (χ2n) is 3.43. The number of aromatic nitrogens is 1. The zero-order valence-electron chi connectivity index (χ0n) is 8.62. The van der Waals surface area contributed by atoms with Crippen LogP contribution in [-0.4, -0.2) is 10.1 Å². The molecule has 0 radical (unpaired) electrons. The summed E-state index contributed by atoms with van der Waals surface area (Å²) in [6.45, 7) is -0.175. The van der Waals surface area contributed by atoms with Gasteiger partial charge in [0.05, 0.1) is 17.3 Å². The molecule has 0 amide bonds. The number of hydrogen-bond acceptors (Lipinski definition) is 2. The van der Waals surface area contributed by atoms with Crippen molar-refractivity contribution < 1.29 is 5.11 Å². The van der Waals surface area contributed by atoms with Gasteiger partial charge in [0.1, 0.15) is 0 Å². The first-order valence-electron chi connectivity index (χ1n) is 4.82. The first kappa shape index (κ1) is 12.7. The lowest BCUT2D eigenvalue weighted by molar-refractivity contribution is 0.277. The number of aliphatic hydroxyl groups excluding tert-OH is 1. The molecule has 0 atom stereocenters. The summed E-state index contributed by atoms with van der Waals surface area (Å²) in [5.74, 6) is 0. The molecule has 5 heteroatoms. The predicted octanol–water partition coefficient (Wildman–Crippen LogP) is 4.20. The summed E-state index contributed by atoms with van der Waals surface area (Å²) in [4.78, 5) is 4.06. The minimum Gasteiger partial charge on any atom is -0.390 e. The highest BCUT2D eigenvalue weighted by Gasteiger charge is 2.10. The fraction of sp³-hybridized carbons (Fsp3) is 0.0833. The quantitative estimate of drug-likeness (QED) is 0.898. The van der Waals surface area contributed by atoms with Crippen molar-refractivity contribution in [2.75, 3.05) is 0 Å². The van der Waals surface area contributed by atoms with Gasteiger partial charge in [-0.1, -0.05) is 40.9 Å². The average Bonchev–Trinajstić information content (AvgIpc) is 2.29. The van der Waals surface area contributed by atoms with Gasteiger partial charge in [0.15, 0.2) is 0 Å². The Labute approximate surface area is 114 Å². The first-order valence-corrected chi connectivity index (χ1v) is 5.96. The van der Waals surface area contributed by atoms with Crippen molar-refractivity contribution >= 4 is 34.8 Å². The van der Waals surface area contributed by atoms with Gasteiger partial charge in [-0.2, -0.15) is 0 Å². The Morgan fingerprint density at radius 3 is 2.41 bits per heavy atom. The van der Waals surface area contributed by atoms with Gasteiger partial charge >= 0.3 is 0 Å². The molecule has 0 saturated carbocycles. The number of aliphatic hydroxyl groups is 1. The van der Waals surface area contributed by atoms with Gasteiger partial charge in [-0.15, -0.1) is 0 Å². The van der Waals surface area contributed by atoms with Gasteiger partial charge < -0.3 is 5.11 Å². The number of rotatable bonds is 2. The summed E-state index contributed by atoms with van der Waals surface area (Å²) in [5, 5.41) is 10.8. The van der Waals surface area contributed by atoms with Crippen LogP contribution in [0.3, 0.4) is 0 Å². The van der Waals surface area contributed by atoms with Crippen LogP contribution < -0.4 is 0 Å². The zero-order valence-corrected chi connectivity index (χ0v) is 10.9. The van der Waals surface area contributed by atoms with Crippen LogP contribution >= 0.6 is 34.8 Å². The number of pyridine rings is 1. The van der Waals surface area contributed by atoms with E-state index in [9.17, 15) is 5.11 Å². The third-order valence-electron chi connectivity index (χ3n) is 2.31. The summed E-state index contributed by atoms with van der Waals surface area (Å²) < 4.78 is 0. The Hall–Kier alpha value is -0.800. The minimum absolute atomic E-state index is 0.175. The monoisotopic (exact) mass is 287 g/mol. The van der Waals surface area contributed by atoms with Gasteiger partial charge in [-0.25, -0.2) is 0 Å². The molecule has 1 heterocycles. The SMILES string of the molecule is OCc1ncc(Cl)cc1-c1ccc(Cl)cc1Cl. The van der Waals surface area contributed by atoms with E-state index in [0.29, 0.717) is 26.3 Å². The molecule has 17 heavy (non-hydrogen) atoms. The van der Waals surface area contributed by atoms with E-state index in [1.807, 2.05) is 0 Å². The van der Waals surface area contributed by atoms with E-state index in [0.717, 1.165) is 5.56 Å². The molecule has 0 saturated heterocycles. The van der Waals surface area contributed by atoms with Crippen LogP contribution in [-0.2, 0) is 6.61 Å². The van der Waals surface area contributed by atoms with E-state index >= 15 is 0 Å². The van der Waals surface area contributed by atoms with E-state index in [-0.39, 0.29) is 6.61 Å². The normalized spacial score (nSPS) is 10.6. The van der Waals surface area contributed by atoms with Crippen LogP contribution in [0.1, 0.15) is 5.69 Å². The van der Waals surface area contributed by atoms with E-state index < -0.39 is 0 Å². The number of halogens is 3. The fourth-order valence-corrected chi connectivity index (χ4v) is 2.20.